The highest BCUT2D eigenvalue weighted by Crippen LogP contribution is 2.19. The van der Waals surface area contributed by atoms with E-state index >= 15 is 0 Å². The average Bonchev–Trinajstić information content (AvgIpc) is 2.42. The molecule has 0 saturated carbocycles. The number of nitrogens with zero attached hydrogens (tertiary/aromatic N) is 3. The van der Waals surface area contributed by atoms with E-state index in [2.05, 4.69) is 39.5 Å². The van der Waals surface area contributed by atoms with Crippen LogP contribution in [0.3, 0.4) is 0 Å². The Morgan fingerprint density at radius 2 is 1.89 bits per heavy atom. The minimum atomic E-state index is 0.860. The van der Waals surface area contributed by atoms with Gasteiger partial charge in [-0.25, -0.2) is 9.97 Å². The van der Waals surface area contributed by atoms with Gasteiger partial charge in [0.25, 0.3) is 0 Å². The number of anilines is 2. The number of rotatable bonds is 6. The normalized spacial score (nSPS) is 17.4. The molecular weight excluding hydrogens is 238 g/mol. The van der Waals surface area contributed by atoms with Crippen LogP contribution < -0.4 is 10.6 Å². The first-order chi connectivity index (χ1) is 9.28. The number of hydrogen-bond donors (Lipinski definition) is 2. The molecule has 2 heterocycles. The van der Waals surface area contributed by atoms with Crippen LogP contribution in [0.2, 0.25) is 0 Å². The van der Waals surface area contributed by atoms with Crippen LogP contribution in [0.5, 0.6) is 0 Å². The summed E-state index contributed by atoms with van der Waals surface area (Å²) in [5.41, 5.74) is 0. The quantitative estimate of drug-likeness (QED) is 0.822. The largest absolute Gasteiger partial charge is 0.370 e. The predicted molar refractivity (Wildman–Crippen MR) is 79.5 cm³/mol. The van der Waals surface area contributed by atoms with Gasteiger partial charge in [-0.05, 0) is 52.2 Å². The van der Waals surface area contributed by atoms with Crippen LogP contribution >= 0.6 is 0 Å². The molecule has 2 N–H and O–H groups in total. The minimum absolute atomic E-state index is 0.860. The first-order valence-electron chi connectivity index (χ1n) is 7.26. The van der Waals surface area contributed by atoms with Crippen molar-refractivity contribution in [3.63, 3.8) is 0 Å². The number of likely N-dealkylation sites (tertiary alicyclic amines) is 1. The zero-order valence-electron chi connectivity index (χ0n) is 12.0. The molecule has 0 unspecified atom stereocenters. The standard InChI is InChI=1S/C14H25N5/c1-3-15-13-10-14(18-11-17-13)16-7-4-12-5-8-19(2)9-6-12/h10-12H,3-9H2,1-2H3,(H2,15,16,17,18). The molecule has 5 heteroatoms. The maximum atomic E-state index is 4.25. The van der Waals surface area contributed by atoms with Crippen LogP contribution in [0.15, 0.2) is 12.4 Å². The van der Waals surface area contributed by atoms with Gasteiger partial charge < -0.3 is 15.5 Å². The van der Waals surface area contributed by atoms with Crippen LogP contribution in [0.1, 0.15) is 26.2 Å². The summed E-state index contributed by atoms with van der Waals surface area (Å²) in [4.78, 5) is 10.8. The van der Waals surface area contributed by atoms with E-state index in [1.807, 2.05) is 6.07 Å². The lowest BCUT2D eigenvalue weighted by molar-refractivity contribution is 0.215. The highest BCUT2D eigenvalue weighted by molar-refractivity contribution is 5.46. The molecule has 1 saturated heterocycles. The summed E-state index contributed by atoms with van der Waals surface area (Å²) in [6.45, 7) is 6.42. The van der Waals surface area contributed by atoms with E-state index in [1.165, 1.54) is 32.4 Å². The number of hydrogen-bond acceptors (Lipinski definition) is 5. The van der Waals surface area contributed by atoms with Crippen molar-refractivity contribution in [2.45, 2.75) is 26.2 Å². The Kier molecular flexibility index (Phi) is 5.39. The molecule has 0 bridgehead atoms. The fourth-order valence-corrected chi connectivity index (χ4v) is 2.49. The molecule has 0 aliphatic carbocycles. The van der Waals surface area contributed by atoms with Crippen LogP contribution in [0, 0.1) is 5.92 Å². The zero-order valence-corrected chi connectivity index (χ0v) is 12.0. The highest BCUT2D eigenvalue weighted by atomic mass is 15.1. The molecule has 1 aromatic rings. The summed E-state index contributed by atoms with van der Waals surface area (Å²) < 4.78 is 0. The SMILES string of the molecule is CCNc1cc(NCCC2CCN(C)CC2)ncn1. The summed E-state index contributed by atoms with van der Waals surface area (Å²) in [7, 11) is 2.21. The van der Waals surface area contributed by atoms with Crippen LogP contribution in [0.25, 0.3) is 0 Å². The van der Waals surface area contributed by atoms with Crippen LogP contribution in [0.4, 0.5) is 11.6 Å². The van der Waals surface area contributed by atoms with Crippen LogP contribution in [-0.2, 0) is 0 Å². The van der Waals surface area contributed by atoms with Crippen molar-refractivity contribution in [1.29, 1.82) is 0 Å². The molecule has 0 atom stereocenters. The van der Waals surface area contributed by atoms with Gasteiger partial charge in [-0.2, -0.15) is 0 Å². The minimum Gasteiger partial charge on any atom is -0.370 e. The van der Waals surface area contributed by atoms with E-state index in [0.29, 0.717) is 0 Å². The maximum Gasteiger partial charge on any atom is 0.131 e. The van der Waals surface area contributed by atoms with Gasteiger partial charge in [-0.1, -0.05) is 0 Å². The Morgan fingerprint density at radius 1 is 1.21 bits per heavy atom. The predicted octanol–water partition coefficient (Wildman–Crippen LogP) is 2.05. The lowest BCUT2D eigenvalue weighted by Gasteiger charge is -2.28. The second-order valence-corrected chi connectivity index (χ2v) is 5.28. The summed E-state index contributed by atoms with van der Waals surface area (Å²) in [6, 6.07) is 1.97. The monoisotopic (exact) mass is 263 g/mol. The molecular formula is C14H25N5. The first kappa shape index (κ1) is 14.1. The third-order valence-corrected chi connectivity index (χ3v) is 3.72. The Labute approximate surface area is 115 Å². The molecule has 106 valence electrons. The molecule has 0 amide bonds. The summed E-state index contributed by atoms with van der Waals surface area (Å²) in [5, 5.41) is 6.59. The topological polar surface area (TPSA) is 53.1 Å². The smallest absolute Gasteiger partial charge is 0.131 e. The molecule has 1 aliphatic heterocycles. The van der Waals surface area contributed by atoms with Crippen molar-refractivity contribution in [2.75, 3.05) is 43.9 Å². The van der Waals surface area contributed by atoms with E-state index in [9.17, 15) is 0 Å². The fourth-order valence-electron chi connectivity index (χ4n) is 2.49. The van der Waals surface area contributed by atoms with E-state index in [-0.39, 0.29) is 0 Å². The molecule has 5 nitrogen and oxygen atoms in total. The van der Waals surface area contributed by atoms with Gasteiger partial charge in [0.15, 0.2) is 0 Å². The highest BCUT2D eigenvalue weighted by Gasteiger charge is 2.15. The van der Waals surface area contributed by atoms with Gasteiger partial charge in [0.05, 0.1) is 0 Å². The Bertz CT molecular complexity index is 374. The molecule has 0 aromatic carbocycles. The summed E-state index contributed by atoms with van der Waals surface area (Å²) in [5.74, 6) is 2.66. The van der Waals surface area contributed by atoms with Crippen molar-refractivity contribution in [2.24, 2.45) is 5.92 Å². The molecule has 0 radical (unpaired) electrons. The van der Waals surface area contributed by atoms with Crippen LogP contribution in [-0.4, -0.2) is 48.1 Å². The Morgan fingerprint density at radius 3 is 2.58 bits per heavy atom. The number of aromatic nitrogens is 2. The summed E-state index contributed by atoms with van der Waals surface area (Å²) >= 11 is 0. The summed E-state index contributed by atoms with van der Waals surface area (Å²) in [6.07, 6.45) is 5.49. The van der Waals surface area contributed by atoms with Gasteiger partial charge in [-0.15, -0.1) is 0 Å². The lowest BCUT2D eigenvalue weighted by Crippen LogP contribution is -2.30. The maximum absolute atomic E-state index is 4.25. The Hall–Kier alpha value is -1.36. The molecule has 1 aromatic heterocycles. The van der Waals surface area contributed by atoms with Crippen molar-refractivity contribution in [3.8, 4) is 0 Å². The van der Waals surface area contributed by atoms with Gasteiger partial charge in [0.2, 0.25) is 0 Å². The van der Waals surface area contributed by atoms with E-state index in [4.69, 9.17) is 0 Å². The molecule has 2 rings (SSSR count). The third kappa shape index (κ3) is 4.67. The van der Waals surface area contributed by atoms with Crippen molar-refractivity contribution < 1.29 is 0 Å². The zero-order chi connectivity index (χ0) is 13.5. The average molecular weight is 263 g/mol. The van der Waals surface area contributed by atoms with Crippen molar-refractivity contribution in [3.05, 3.63) is 12.4 Å². The number of piperidine rings is 1. The van der Waals surface area contributed by atoms with Gasteiger partial charge >= 0.3 is 0 Å². The molecule has 1 fully saturated rings. The second kappa shape index (κ2) is 7.28. The lowest BCUT2D eigenvalue weighted by atomic mass is 9.94. The molecule has 19 heavy (non-hydrogen) atoms. The van der Waals surface area contributed by atoms with Gasteiger partial charge in [0, 0.05) is 19.2 Å². The molecule has 0 spiro atoms. The van der Waals surface area contributed by atoms with E-state index < -0.39 is 0 Å². The van der Waals surface area contributed by atoms with E-state index in [1.54, 1.807) is 6.33 Å². The van der Waals surface area contributed by atoms with Crippen molar-refractivity contribution >= 4 is 11.6 Å². The third-order valence-electron chi connectivity index (χ3n) is 3.72. The van der Waals surface area contributed by atoms with E-state index in [0.717, 1.165) is 30.6 Å². The molecule has 1 aliphatic rings. The number of nitrogens with one attached hydrogen (secondary N) is 2. The Balaban J connectivity index is 1.71. The second-order valence-electron chi connectivity index (χ2n) is 5.28. The first-order valence-corrected chi connectivity index (χ1v) is 7.26. The fraction of sp³-hybridized carbons (Fsp3) is 0.714. The van der Waals surface area contributed by atoms with Gasteiger partial charge in [0.1, 0.15) is 18.0 Å². The van der Waals surface area contributed by atoms with Gasteiger partial charge in [-0.3, -0.25) is 0 Å². The van der Waals surface area contributed by atoms with Crippen molar-refractivity contribution in [1.82, 2.24) is 14.9 Å².